The molecule has 1 saturated carbocycles. The normalized spacial score (nSPS) is 17.5. The summed E-state index contributed by atoms with van der Waals surface area (Å²) in [7, 11) is 0. The molecule has 0 radical (unpaired) electrons. The van der Waals surface area contributed by atoms with Crippen LogP contribution in [0.2, 0.25) is 0 Å². The van der Waals surface area contributed by atoms with Gasteiger partial charge < -0.3 is 5.32 Å². The molecular formula is C14H22N2. The zero-order valence-electron chi connectivity index (χ0n) is 9.99. The van der Waals surface area contributed by atoms with Crippen LogP contribution in [0, 0.1) is 0 Å². The Balaban J connectivity index is 1.58. The van der Waals surface area contributed by atoms with Crippen molar-refractivity contribution in [2.75, 3.05) is 6.54 Å². The van der Waals surface area contributed by atoms with Crippen LogP contribution in [0.1, 0.15) is 44.1 Å². The fourth-order valence-electron chi connectivity index (χ4n) is 2.45. The maximum absolute atomic E-state index is 4.03. The number of rotatable bonds is 5. The molecule has 0 aromatic carbocycles. The van der Waals surface area contributed by atoms with Gasteiger partial charge in [-0.2, -0.15) is 0 Å². The lowest BCUT2D eigenvalue weighted by Gasteiger charge is -2.22. The Morgan fingerprint density at radius 1 is 1.12 bits per heavy atom. The van der Waals surface area contributed by atoms with Gasteiger partial charge in [0.05, 0.1) is 0 Å². The van der Waals surface area contributed by atoms with E-state index in [-0.39, 0.29) is 0 Å². The van der Waals surface area contributed by atoms with E-state index in [1.54, 1.807) is 0 Å². The van der Waals surface area contributed by atoms with E-state index in [2.05, 4.69) is 22.4 Å². The monoisotopic (exact) mass is 218 g/mol. The Bertz CT molecular complexity index is 278. The van der Waals surface area contributed by atoms with Crippen molar-refractivity contribution in [3.8, 4) is 0 Å². The second-order valence-electron chi connectivity index (χ2n) is 4.75. The van der Waals surface area contributed by atoms with Crippen LogP contribution >= 0.6 is 0 Å². The molecule has 1 aliphatic rings. The zero-order valence-corrected chi connectivity index (χ0v) is 9.99. The van der Waals surface area contributed by atoms with Gasteiger partial charge in [0.25, 0.3) is 0 Å². The van der Waals surface area contributed by atoms with Gasteiger partial charge in [-0.1, -0.05) is 19.3 Å². The predicted octanol–water partition coefficient (Wildman–Crippen LogP) is 2.94. The molecule has 0 unspecified atom stereocenters. The minimum absolute atomic E-state index is 0.797. The molecule has 0 aliphatic heterocycles. The summed E-state index contributed by atoms with van der Waals surface area (Å²) >= 11 is 0. The van der Waals surface area contributed by atoms with E-state index in [4.69, 9.17) is 0 Å². The van der Waals surface area contributed by atoms with Gasteiger partial charge in [-0.3, -0.25) is 4.98 Å². The molecule has 1 N–H and O–H groups in total. The maximum Gasteiger partial charge on any atom is 0.0270 e. The van der Waals surface area contributed by atoms with Crippen molar-refractivity contribution in [1.29, 1.82) is 0 Å². The van der Waals surface area contributed by atoms with Crippen molar-refractivity contribution >= 4 is 0 Å². The van der Waals surface area contributed by atoms with Crippen LogP contribution in [0.4, 0.5) is 0 Å². The van der Waals surface area contributed by atoms with Crippen LogP contribution in [-0.2, 0) is 6.42 Å². The van der Waals surface area contributed by atoms with Crippen molar-refractivity contribution in [2.45, 2.75) is 51.0 Å². The third-order valence-electron chi connectivity index (χ3n) is 3.43. The smallest absolute Gasteiger partial charge is 0.0270 e. The van der Waals surface area contributed by atoms with E-state index < -0.39 is 0 Å². The minimum Gasteiger partial charge on any atom is -0.314 e. The van der Waals surface area contributed by atoms with Gasteiger partial charge in [0.2, 0.25) is 0 Å². The van der Waals surface area contributed by atoms with Crippen LogP contribution in [0.15, 0.2) is 24.5 Å². The molecule has 16 heavy (non-hydrogen) atoms. The van der Waals surface area contributed by atoms with Crippen LogP contribution in [0.3, 0.4) is 0 Å². The first-order valence-corrected chi connectivity index (χ1v) is 6.57. The number of aryl methyl sites for hydroxylation is 1. The molecule has 1 aromatic heterocycles. The third-order valence-corrected chi connectivity index (χ3v) is 3.43. The van der Waals surface area contributed by atoms with Crippen LogP contribution in [-0.4, -0.2) is 17.6 Å². The van der Waals surface area contributed by atoms with E-state index >= 15 is 0 Å². The summed E-state index contributed by atoms with van der Waals surface area (Å²) in [6.45, 7) is 1.16. The first-order valence-electron chi connectivity index (χ1n) is 6.57. The van der Waals surface area contributed by atoms with Gasteiger partial charge in [-0.25, -0.2) is 0 Å². The number of aromatic nitrogens is 1. The average molecular weight is 218 g/mol. The fourth-order valence-corrected chi connectivity index (χ4v) is 2.45. The topological polar surface area (TPSA) is 24.9 Å². The highest BCUT2D eigenvalue weighted by Crippen LogP contribution is 2.17. The number of pyridine rings is 1. The SMILES string of the molecule is c1cc(CCCNC2CCCCC2)ccn1. The molecule has 0 spiro atoms. The molecule has 2 heteroatoms. The van der Waals surface area contributed by atoms with Crippen molar-refractivity contribution in [3.05, 3.63) is 30.1 Å². The molecule has 0 amide bonds. The summed E-state index contributed by atoms with van der Waals surface area (Å²) in [6.07, 6.45) is 13.2. The summed E-state index contributed by atoms with van der Waals surface area (Å²) in [5, 5.41) is 3.68. The second-order valence-corrected chi connectivity index (χ2v) is 4.75. The quantitative estimate of drug-likeness (QED) is 0.769. The van der Waals surface area contributed by atoms with Gasteiger partial charge in [-0.05, 0) is 49.9 Å². The Labute approximate surface area is 98.5 Å². The van der Waals surface area contributed by atoms with Gasteiger partial charge in [-0.15, -0.1) is 0 Å². The number of nitrogens with zero attached hydrogens (tertiary/aromatic N) is 1. The largest absolute Gasteiger partial charge is 0.314 e. The summed E-state index contributed by atoms with van der Waals surface area (Å²) in [5.74, 6) is 0. The molecule has 1 heterocycles. The first-order chi connectivity index (χ1) is 7.95. The molecule has 2 rings (SSSR count). The summed E-state index contributed by atoms with van der Waals surface area (Å²) in [6, 6.07) is 5.02. The van der Waals surface area contributed by atoms with E-state index in [1.807, 2.05) is 12.4 Å². The summed E-state index contributed by atoms with van der Waals surface area (Å²) in [4.78, 5) is 4.03. The fraction of sp³-hybridized carbons (Fsp3) is 0.643. The van der Waals surface area contributed by atoms with Crippen molar-refractivity contribution in [3.63, 3.8) is 0 Å². The molecule has 1 aromatic rings. The third kappa shape index (κ3) is 3.93. The molecule has 0 bridgehead atoms. The Morgan fingerprint density at radius 3 is 2.62 bits per heavy atom. The Morgan fingerprint density at radius 2 is 1.88 bits per heavy atom. The van der Waals surface area contributed by atoms with E-state index in [1.165, 1.54) is 50.5 Å². The minimum atomic E-state index is 0.797. The highest BCUT2D eigenvalue weighted by molar-refractivity contribution is 5.09. The Kier molecular flexibility index (Phi) is 4.81. The maximum atomic E-state index is 4.03. The van der Waals surface area contributed by atoms with Crippen molar-refractivity contribution in [2.24, 2.45) is 0 Å². The number of nitrogens with one attached hydrogen (secondary N) is 1. The second kappa shape index (κ2) is 6.64. The standard InChI is InChI=1S/C14H22N2/c1-2-6-14(7-3-1)16-10-4-5-13-8-11-15-12-9-13/h8-9,11-12,14,16H,1-7,10H2. The molecule has 1 aliphatic carbocycles. The van der Waals surface area contributed by atoms with Crippen LogP contribution in [0.5, 0.6) is 0 Å². The lowest BCUT2D eigenvalue weighted by Crippen LogP contribution is -2.31. The van der Waals surface area contributed by atoms with Crippen LogP contribution in [0.25, 0.3) is 0 Å². The number of hydrogen-bond donors (Lipinski definition) is 1. The highest BCUT2D eigenvalue weighted by atomic mass is 14.9. The molecule has 1 fully saturated rings. The van der Waals surface area contributed by atoms with Gasteiger partial charge in [0.15, 0.2) is 0 Å². The molecule has 0 atom stereocenters. The van der Waals surface area contributed by atoms with Crippen molar-refractivity contribution in [1.82, 2.24) is 10.3 Å². The van der Waals surface area contributed by atoms with Crippen molar-refractivity contribution < 1.29 is 0 Å². The lowest BCUT2D eigenvalue weighted by atomic mass is 9.95. The predicted molar refractivity (Wildman–Crippen MR) is 67.4 cm³/mol. The van der Waals surface area contributed by atoms with Gasteiger partial charge in [0.1, 0.15) is 0 Å². The van der Waals surface area contributed by atoms with E-state index in [0.717, 1.165) is 12.6 Å². The summed E-state index contributed by atoms with van der Waals surface area (Å²) < 4.78 is 0. The summed E-state index contributed by atoms with van der Waals surface area (Å²) in [5.41, 5.74) is 1.40. The van der Waals surface area contributed by atoms with E-state index in [0.29, 0.717) is 0 Å². The van der Waals surface area contributed by atoms with Gasteiger partial charge >= 0.3 is 0 Å². The molecule has 2 nitrogen and oxygen atoms in total. The first kappa shape index (κ1) is 11.6. The van der Waals surface area contributed by atoms with Crippen LogP contribution < -0.4 is 5.32 Å². The molecular weight excluding hydrogens is 196 g/mol. The van der Waals surface area contributed by atoms with Gasteiger partial charge in [0, 0.05) is 18.4 Å². The van der Waals surface area contributed by atoms with E-state index in [9.17, 15) is 0 Å². The highest BCUT2D eigenvalue weighted by Gasteiger charge is 2.11. The lowest BCUT2D eigenvalue weighted by molar-refractivity contribution is 0.372. The Hall–Kier alpha value is -0.890. The molecule has 88 valence electrons. The number of hydrogen-bond acceptors (Lipinski definition) is 2. The zero-order chi connectivity index (χ0) is 11.1. The average Bonchev–Trinajstić information content (AvgIpc) is 2.37. The molecule has 0 saturated heterocycles.